The van der Waals surface area contributed by atoms with Crippen molar-refractivity contribution in [2.75, 3.05) is 32.9 Å². The van der Waals surface area contributed by atoms with Crippen LogP contribution in [0, 0.1) is 11.8 Å². The highest BCUT2D eigenvalue weighted by molar-refractivity contribution is 6.76. The van der Waals surface area contributed by atoms with Gasteiger partial charge < -0.3 is 38.8 Å². The van der Waals surface area contributed by atoms with Gasteiger partial charge in [-0.05, 0) is 32.7 Å². The summed E-state index contributed by atoms with van der Waals surface area (Å²) >= 11 is 0. The minimum atomic E-state index is -1.44. The third-order valence-corrected chi connectivity index (χ3v) is 8.52. The molecule has 0 aromatic heterocycles. The molecule has 1 aliphatic heterocycles. The number of anilines is 1. The maximum absolute atomic E-state index is 13.4. The van der Waals surface area contributed by atoms with Crippen LogP contribution in [-0.2, 0) is 23.7 Å². The molecule has 0 bridgehead atoms. The number of methoxy groups -OCH3 is 2. The number of carbonyl (C=O) groups is 2. The van der Waals surface area contributed by atoms with Gasteiger partial charge in [-0.15, -0.1) is 0 Å². The van der Waals surface area contributed by atoms with E-state index in [0.29, 0.717) is 5.75 Å². The molecule has 0 aliphatic carbocycles. The van der Waals surface area contributed by atoms with E-state index >= 15 is 0 Å². The van der Waals surface area contributed by atoms with Gasteiger partial charge in [0.05, 0.1) is 44.1 Å². The zero-order chi connectivity index (χ0) is 31.0. The van der Waals surface area contributed by atoms with Gasteiger partial charge >= 0.3 is 5.97 Å². The molecule has 1 aromatic rings. The molecule has 5 atom stereocenters. The number of amides is 1. The third-order valence-electron chi connectivity index (χ3n) is 6.81. The number of rotatable bonds is 15. The van der Waals surface area contributed by atoms with Crippen molar-refractivity contribution in [3.8, 4) is 11.5 Å². The molecule has 41 heavy (non-hydrogen) atoms. The first kappa shape index (κ1) is 34.8. The van der Waals surface area contributed by atoms with Crippen LogP contribution in [0.3, 0.4) is 0 Å². The summed E-state index contributed by atoms with van der Waals surface area (Å²) < 4.78 is 34.0. The summed E-state index contributed by atoms with van der Waals surface area (Å²) in [6.07, 6.45) is 2.48. The minimum Gasteiger partial charge on any atom is -0.497 e. The summed E-state index contributed by atoms with van der Waals surface area (Å²) in [4.78, 5) is 26.7. The van der Waals surface area contributed by atoms with Crippen molar-refractivity contribution >= 4 is 25.6 Å². The van der Waals surface area contributed by atoms with Crippen LogP contribution in [0.1, 0.15) is 51.4 Å². The molecule has 1 amide bonds. The molecule has 0 radical (unpaired) electrons. The Labute approximate surface area is 245 Å². The van der Waals surface area contributed by atoms with Crippen LogP contribution >= 0.6 is 0 Å². The average Bonchev–Trinajstić information content (AvgIpc) is 3.17. The molecule has 1 aromatic carbocycles. The van der Waals surface area contributed by atoms with Crippen LogP contribution in [0.2, 0.25) is 25.7 Å². The molecule has 1 unspecified atom stereocenters. The summed E-state index contributed by atoms with van der Waals surface area (Å²) in [5.74, 6) is -1.43. The number of hydrogen-bond donors (Lipinski definition) is 2. The quantitative estimate of drug-likeness (QED) is 0.121. The fourth-order valence-electron chi connectivity index (χ4n) is 4.25. The van der Waals surface area contributed by atoms with Crippen LogP contribution in [0.25, 0.3) is 0 Å². The fraction of sp³-hybridized carbons (Fsp3) is 0.667. The lowest BCUT2D eigenvalue weighted by molar-refractivity contribution is -0.150. The van der Waals surface area contributed by atoms with Gasteiger partial charge in [0.1, 0.15) is 17.1 Å². The standard InChI is InChI=1S/C30H49NO9Si/c1-19(21(3)32)11-12-20(2)28-25(39-30(4,5)40-28)17-26(33)31-23-15-22(36-7)16-24(38-18-35-6)27(23)29(34)37-13-14-41(8,9)10/h11-12,15-16,19-21,25,28,32H,13-14,17-18H2,1-10H3,(H,31,33)/b12-11-/t19-,20?,21+,25+,28+/m0/s1. The largest absolute Gasteiger partial charge is 0.497 e. The van der Waals surface area contributed by atoms with Crippen molar-refractivity contribution in [3.63, 3.8) is 0 Å². The second-order valence-corrected chi connectivity index (χ2v) is 17.9. The Hall–Kier alpha value is -2.44. The fourth-order valence-corrected chi connectivity index (χ4v) is 4.96. The highest BCUT2D eigenvalue weighted by Gasteiger charge is 2.44. The first-order valence-corrected chi connectivity index (χ1v) is 17.8. The van der Waals surface area contributed by atoms with Crippen LogP contribution in [0.15, 0.2) is 24.3 Å². The summed E-state index contributed by atoms with van der Waals surface area (Å²) in [5.41, 5.74) is 0.280. The Morgan fingerprint density at radius 2 is 1.80 bits per heavy atom. The molecule has 0 spiro atoms. The van der Waals surface area contributed by atoms with E-state index in [-0.39, 0.29) is 54.6 Å². The van der Waals surface area contributed by atoms with E-state index in [0.717, 1.165) is 6.04 Å². The normalized spacial score (nSPS) is 20.9. The molecule has 10 nitrogen and oxygen atoms in total. The predicted octanol–water partition coefficient (Wildman–Crippen LogP) is 5.23. The number of aliphatic hydroxyl groups is 1. The van der Waals surface area contributed by atoms with E-state index in [2.05, 4.69) is 25.0 Å². The van der Waals surface area contributed by atoms with Crippen molar-refractivity contribution in [3.05, 3.63) is 29.8 Å². The van der Waals surface area contributed by atoms with E-state index in [4.69, 9.17) is 28.4 Å². The monoisotopic (exact) mass is 595 g/mol. The van der Waals surface area contributed by atoms with E-state index in [9.17, 15) is 14.7 Å². The van der Waals surface area contributed by atoms with Gasteiger partial charge in [-0.3, -0.25) is 4.79 Å². The molecular formula is C30H49NO9Si. The topological polar surface area (TPSA) is 122 Å². The van der Waals surface area contributed by atoms with Gasteiger partial charge in [-0.2, -0.15) is 0 Å². The summed E-state index contributed by atoms with van der Waals surface area (Å²) in [7, 11) is 1.51. The maximum Gasteiger partial charge on any atom is 0.344 e. The second-order valence-electron chi connectivity index (χ2n) is 12.3. The van der Waals surface area contributed by atoms with Crippen molar-refractivity contribution in [2.24, 2.45) is 11.8 Å². The van der Waals surface area contributed by atoms with E-state index < -0.39 is 38.1 Å². The van der Waals surface area contributed by atoms with Crippen LogP contribution in [0.4, 0.5) is 5.69 Å². The van der Waals surface area contributed by atoms with Crippen molar-refractivity contribution < 1.29 is 43.1 Å². The molecule has 2 N–H and O–H groups in total. The zero-order valence-electron chi connectivity index (χ0n) is 26.2. The first-order valence-electron chi connectivity index (χ1n) is 14.1. The maximum atomic E-state index is 13.4. The Balaban J connectivity index is 2.31. The molecule has 0 saturated carbocycles. The van der Waals surface area contributed by atoms with Gasteiger partial charge in [0.2, 0.25) is 5.91 Å². The van der Waals surface area contributed by atoms with E-state index in [1.807, 2.05) is 39.8 Å². The van der Waals surface area contributed by atoms with Crippen LogP contribution in [0.5, 0.6) is 11.5 Å². The predicted molar refractivity (Wildman–Crippen MR) is 160 cm³/mol. The molecule has 11 heteroatoms. The van der Waals surface area contributed by atoms with Crippen LogP contribution in [-0.4, -0.2) is 76.8 Å². The molecule has 1 heterocycles. The van der Waals surface area contributed by atoms with Crippen LogP contribution < -0.4 is 14.8 Å². The molecule has 1 aliphatic rings. The van der Waals surface area contributed by atoms with Gasteiger partial charge in [0.25, 0.3) is 0 Å². The lowest BCUT2D eigenvalue weighted by Crippen LogP contribution is -2.32. The van der Waals surface area contributed by atoms with E-state index in [1.165, 1.54) is 14.2 Å². The lowest BCUT2D eigenvalue weighted by atomic mass is 9.95. The minimum absolute atomic E-state index is 0.0200. The highest BCUT2D eigenvalue weighted by Crippen LogP contribution is 2.36. The molecule has 232 valence electrons. The van der Waals surface area contributed by atoms with E-state index in [1.54, 1.807) is 19.1 Å². The van der Waals surface area contributed by atoms with Gasteiger partial charge in [-0.1, -0.05) is 45.6 Å². The van der Waals surface area contributed by atoms with Crippen molar-refractivity contribution in [1.82, 2.24) is 0 Å². The number of carbonyl (C=O) groups excluding carboxylic acids is 2. The Kier molecular flexibility index (Phi) is 12.8. The lowest BCUT2D eigenvalue weighted by Gasteiger charge is -2.22. The average molecular weight is 596 g/mol. The number of aliphatic hydroxyl groups excluding tert-OH is 1. The highest BCUT2D eigenvalue weighted by atomic mass is 28.3. The molecule has 1 saturated heterocycles. The first-order chi connectivity index (χ1) is 19.1. The smallest absolute Gasteiger partial charge is 0.344 e. The second kappa shape index (κ2) is 15.2. The van der Waals surface area contributed by atoms with Gasteiger partial charge in [-0.25, -0.2) is 4.79 Å². The Bertz CT molecular complexity index is 1050. The number of benzene rings is 1. The number of nitrogens with one attached hydrogen (secondary N) is 1. The molecule has 2 rings (SSSR count). The third kappa shape index (κ3) is 11.0. The van der Waals surface area contributed by atoms with Crippen molar-refractivity contribution in [2.45, 2.75) is 90.8 Å². The molecular weight excluding hydrogens is 546 g/mol. The van der Waals surface area contributed by atoms with Gasteiger partial charge in [0.15, 0.2) is 12.6 Å². The summed E-state index contributed by atoms with van der Waals surface area (Å²) in [6.45, 7) is 16.0. The number of esters is 1. The van der Waals surface area contributed by atoms with Gasteiger partial charge in [0, 0.05) is 33.2 Å². The van der Waals surface area contributed by atoms with Crippen molar-refractivity contribution in [1.29, 1.82) is 0 Å². The number of ether oxygens (including phenoxy) is 6. The SMILES string of the molecule is COCOc1cc(OC)cc(NC(=O)C[C@H]2OC(C)(C)O[C@@H]2C(C)/C=C\[C@H](C)[C@@H](C)O)c1C(=O)OCC[Si](C)(C)C. The molecule has 1 fully saturated rings. The number of hydrogen-bond acceptors (Lipinski definition) is 9. The Morgan fingerprint density at radius 1 is 1.12 bits per heavy atom. The summed E-state index contributed by atoms with van der Waals surface area (Å²) in [6, 6.07) is 3.91. The Morgan fingerprint density at radius 3 is 2.39 bits per heavy atom. The summed E-state index contributed by atoms with van der Waals surface area (Å²) in [5, 5.41) is 12.7. The zero-order valence-corrected chi connectivity index (χ0v) is 27.2.